The third kappa shape index (κ3) is 3.35. The summed E-state index contributed by atoms with van der Waals surface area (Å²) in [6.07, 6.45) is 0. The second-order valence-corrected chi connectivity index (χ2v) is 5.00. The normalized spacial score (nSPS) is 9.58. The molecule has 0 bridgehead atoms. The van der Waals surface area contributed by atoms with Crippen molar-refractivity contribution in [3.05, 3.63) is 84.2 Å². The van der Waals surface area contributed by atoms with Gasteiger partial charge in [0.2, 0.25) is 0 Å². The molecule has 0 atom stereocenters. The van der Waals surface area contributed by atoms with Gasteiger partial charge in [-0.25, -0.2) is 9.97 Å². The number of pyridine rings is 2. The molecule has 112 valence electrons. The van der Waals surface area contributed by atoms with Crippen LogP contribution in [0.15, 0.2) is 72.8 Å². The van der Waals surface area contributed by atoms with Crippen LogP contribution < -0.4 is 0 Å². The molecular weight excluding hydrogens is 296 g/mol. The van der Waals surface area contributed by atoms with Crippen molar-refractivity contribution in [3.8, 4) is 12.1 Å². The Balaban J connectivity index is 0.000000141. The van der Waals surface area contributed by atoms with E-state index in [9.17, 15) is 0 Å². The Morgan fingerprint density at radius 1 is 0.542 bits per heavy atom. The molecule has 2 aromatic carbocycles. The van der Waals surface area contributed by atoms with Crippen LogP contribution in [0.2, 0.25) is 0 Å². The first kappa shape index (κ1) is 15.1. The van der Waals surface area contributed by atoms with Gasteiger partial charge in [-0.15, -0.1) is 0 Å². The molecule has 0 spiro atoms. The minimum Gasteiger partial charge on any atom is -0.237 e. The fraction of sp³-hybridized carbons (Fsp3) is 0. The molecule has 4 aromatic rings. The van der Waals surface area contributed by atoms with Gasteiger partial charge in [0.05, 0.1) is 11.0 Å². The van der Waals surface area contributed by atoms with Gasteiger partial charge in [0.25, 0.3) is 0 Å². The first-order valence-electron chi connectivity index (χ1n) is 7.32. The predicted molar refractivity (Wildman–Crippen MR) is 92.9 cm³/mol. The van der Waals surface area contributed by atoms with Gasteiger partial charge in [0.1, 0.15) is 23.5 Å². The highest BCUT2D eigenvalue weighted by molar-refractivity contribution is 5.79. The highest BCUT2D eigenvalue weighted by Crippen LogP contribution is 2.11. The first-order valence-corrected chi connectivity index (χ1v) is 7.32. The molecule has 0 saturated heterocycles. The molecule has 0 fully saturated rings. The molecule has 4 nitrogen and oxygen atoms in total. The number of aromatic nitrogens is 2. The fourth-order valence-corrected chi connectivity index (χ4v) is 2.26. The van der Waals surface area contributed by atoms with Crippen molar-refractivity contribution in [1.82, 2.24) is 9.97 Å². The molecule has 0 aliphatic rings. The average molecular weight is 308 g/mol. The molecule has 0 saturated carbocycles. The van der Waals surface area contributed by atoms with E-state index in [1.165, 1.54) is 0 Å². The summed E-state index contributed by atoms with van der Waals surface area (Å²) in [5, 5.41) is 19.3. The summed E-state index contributed by atoms with van der Waals surface area (Å²) in [4.78, 5) is 8.27. The maximum atomic E-state index is 8.58. The topological polar surface area (TPSA) is 73.4 Å². The number of rotatable bonds is 0. The van der Waals surface area contributed by atoms with Crippen LogP contribution in [-0.2, 0) is 0 Å². The van der Waals surface area contributed by atoms with E-state index in [1.807, 2.05) is 72.8 Å². The molecular formula is C20H12N4. The van der Waals surface area contributed by atoms with E-state index >= 15 is 0 Å². The van der Waals surface area contributed by atoms with Crippen molar-refractivity contribution in [1.29, 1.82) is 10.5 Å². The summed E-state index contributed by atoms with van der Waals surface area (Å²) >= 11 is 0. The van der Waals surface area contributed by atoms with E-state index in [1.54, 1.807) is 12.1 Å². The zero-order valence-electron chi connectivity index (χ0n) is 12.7. The number of nitriles is 2. The van der Waals surface area contributed by atoms with Crippen LogP contribution in [0.5, 0.6) is 0 Å². The van der Waals surface area contributed by atoms with Gasteiger partial charge in [0, 0.05) is 10.8 Å². The van der Waals surface area contributed by atoms with Gasteiger partial charge in [0.15, 0.2) is 0 Å². The van der Waals surface area contributed by atoms with E-state index < -0.39 is 0 Å². The van der Waals surface area contributed by atoms with Crippen LogP contribution in [0.25, 0.3) is 21.8 Å². The van der Waals surface area contributed by atoms with Crippen molar-refractivity contribution in [3.63, 3.8) is 0 Å². The second-order valence-electron chi connectivity index (χ2n) is 5.00. The van der Waals surface area contributed by atoms with Crippen LogP contribution in [0.1, 0.15) is 11.4 Å². The van der Waals surface area contributed by atoms with Crippen molar-refractivity contribution < 1.29 is 0 Å². The number of nitrogens with zero attached hydrogens (tertiary/aromatic N) is 4. The lowest BCUT2D eigenvalue weighted by Gasteiger charge is -1.94. The first-order chi connectivity index (χ1) is 11.8. The monoisotopic (exact) mass is 308 g/mol. The number of para-hydroxylation sites is 2. The molecule has 0 aliphatic carbocycles. The third-order valence-corrected chi connectivity index (χ3v) is 3.43. The predicted octanol–water partition coefficient (Wildman–Crippen LogP) is 4.21. The van der Waals surface area contributed by atoms with E-state index in [2.05, 4.69) is 9.97 Å². The summed E-state index contributed by atoms with van der Waals surface area (Å²) in [5.41, 5.74) is 2.68. The van der Waals surface area contributed by atoms with E-state index in [-0.39, 0.29) is 0 Å². The molecule has 24 heavy (non-hydrogen) atoms. The van der Waals surface area contributed by atoms with Crippen LogP contribution in [0.3, 0.4) is 0 Å². The molecule has 2 heterocycles. The van der Waals surface area contributed by atoms with Gasteiger partial charge in [-0.1, -0.05) is 36.4 Å². The van der Waals surface area contributed by atoms with Crippen molar-refractivity contribution in [2.24, 2.45) is 0 Å². The number of hydrogen-bond donors (Lipinski definition) is 0. The zero-order valence-corrected chi connectivity index (χ0v) is 12.7. The number of fused-ring (bicyclic) bond motifs is 2. The Hall–Kier alpha value is -3.76. The third-order valence-electron chi connectivity index (χ3n) is 3.43. The Morgan fingerprint density at radius 2 is 0.958 bits per heavy atom. The highest BCUT2D eigenvalue weighted by atomic mass is 14.7. The van der Waals surface area contributed by atoms with Crippen molar-refractivity contribution in [2.75, 3.05) is 0 Å². The Labute approximate surface area is 139 Å². The van der Waals surface area contributed by atoms with Gasteiger partial charge < -0.3 is 0 Å². The van der Waals surface area contributed by atoms with Gasteiger partial charge >= 0.3 is 0 Å². The van der Waals surface area contributed by atoms with E-state index in [0.717, 1.165) is 21.8 Å². The maximum Gasteiger partial charge on any atom is 0.141 e. The zero-order chi connectivity index (χ0) is 16.8. The van der Waals surface area contributed by atoms with Gasteiger partial charge in [-0.05, 0) is 36.4 Å². The Bertz CT molecular complexity index is 998. The molecule has 0 aliphatic heterocycles. The highest BCUT2D eigenvalue weighted by Gasteiger charge is 1.95. The van der Waals surface area contributed by atoms with Crippen molar-refractivity contribution in [2.45, 2.75) is 0 Å². The smallest absolute Gasteiger partial charge is 0.141 e. The fourth-order valence-electron chi connectivity index (χ4n) is 2.26. The number of benzene rings is 2. The maximum absolute atomic E-state index is 8.58. The lowest BCUT2D eigenvalue weighted by Crippen LogP contribution is -1.82. The van der Waals surface area contributed by atoms with Crippen LogP contribution in [-0.4, -0.2) is 9.97 Å². The van der Waals surface area contributed by atoms with Gasteiger partial charge in [-0.3, -0.25) is 0 Å². The summed E-state index contributed by atoms with van der Waals surface area (Å²) in [6.45, 7) is 0. The number of hydrogen-bond acceptors (Lipinski definition) is 4. The Morgan fingerprint density at radius 3 is 1.38 bits per heavy atom. The lowest BCUT2D eigenvalue weighted by atomic mass is 10.2. The van der Waals surface area contributed by atoms with E-state index in [0.29, 0.717) is 11.4 Å². The summed E-state index contributed by atoms with van der Waals surface area (Å²) in [6, 6.07) is 26.8. The lowest BCUT2D eigenvalue weighted by molar-refractivity contribution is 1.33. The minimum absolute atomic E-state index is 0.466. The Kier molecular flexibility index (Phi) is 4.42. The summed E-state index contributed by atoms with van der Waals surface area (Å²) in [5.74, 6) is 0. The van der Waals surface area contributed by atoms with Gasteiger partial charge in [-0.2, -0.15) is 10.5 Å². The van der Waals surface area contributed by atoms with Crippen molar-refractivity contribution >= 4 is 21.8 Å². The standard InChI is InChI=1S/2C10H6N2/c2*11-7-9-6-5-8-3-1-2-4-10(8)12-9/h2*1-6H. The SMILES string of the molecule is N#Cc1ccc2ccccc2n1.N#Cc1ccc2ccccc2n1. The molecule has 0 amide bonds. The summed E-state index contributed by atoms with van der Waals surface area (Å²) < 4.78 is 0. The van der Waals surface area contributed by atoms with Crippen LogP contribution >= 0.6 is 0 Å². The summed E-state index contributed by atoms with van der Waals surface area (Å²) in [7, 11) is 0. The molecule has 4 heteroatoms. The molecule has 4 rings (SSSR count). The molecule has 0 N–H and O–H groups in total. The second kappa shape index (κ2) is 7.00. The average Bonchev–Trinajstić information content (AvgIpc) is 2.67. The van der Waals surface area contributed by atoms with Crippen LogP contribution in [0, 0.1) is 22.7 Å². The van der Waals surface area contributed by atoms with Crippen LogP contribution in [0.4, 0.5) is 0 Å². The molecule has 2 aromatic heterocycles. The minimum atomic E-state index is 0.466. The van der Waals surface area contributed by atoms with E-state index in [4.69, 9.17) is 10.5 Å². The molecule has 0 radical (unpaired) electrons. The quantitative estimate of drug-likeness (QED) is 0.487. The molecule has 0 unspecified atom stereocenters. The largest absolute Gasteiger partial charge is 0.237 e.